The Balaban J connectivity index is 1.75. The number of thiophene rings is 1. The molecule has 7 heteroatoms. The second-order valence-electron chi connectivity index (χ2n) is 4.77. The summed E-state index contributed by atoms with van der Waals surface area (Å²) in [6.07, 6.45) is 1.75. The van der Waals surface area contributed by atoms with Gasteiger partial charge in [-0.1, -0.05) is 0 Å². The molecule has 20 heavy (non-hydrogen) atoms. The summed E-state index contributed by atoms with van der Waals surface area (Å²) in [5.74, 6) is 0.0232. The van der Waals surface area contributed by atoms with Crippen molar-refractivity contribution in [2.45, 2.75) is 18.9 Å². The maximum Gasteiger partial charge on any atom is 0.273 e. The Morgan fingerprint density at radius 3 is 2.80 bits per heavy atom. The summed E-state index contributed by atoms with van der Waals surface area (Å²) >= 11 is 6.58. The number of amides is 1. The summed E-state index contributed by atoms with van der Waals surface area (Å²) < 4.78 is 1.07. The Morgan fingerprint density at radius 2 is 2.15 bits per heavy atom. The first-order valence-corrected chi connectivity index (χ1v) is 8.88. The van der Waals surface area contributed by atoms with Crippen LogP contribution in [0, 0.1) is 0 Å². The summed E-state index contributed by atoms with van der Waals surface area (Å²) in [6.45, 7) is 1.47. The van der Waals surface area contributed by atoms with E-state index < -0.39 is 0 Å². The van der Waals surface area contributed by atoms with Crippen molar-refractivity contribution in [2.75, 3.05) is 13.1 Å². The van der Waals surface area contributed by atoms with Gasteiger partial charge in [-0.15, -0.1) is 22.7 Å². The standard InChI is InChI=1S/C13H14BrN3OS2/c14-11-2-1-10(20-11)12-16-9(7-19-12)13(18)17-5-3-8(15)4-6-17/h1-2,7-8H,3-6,15H2. The summed E-state index contributed by atoms with van der Waals surface area (Å²) in [6, 6.07) is 4.24. The smallest absolute Gasteiger partial charge is 0.273 e. The van der Waals surface area contributed by atoms with Crippen molar-refractivity contribution in [3.63, 3.8) is 0 Å². The van der Waals surface area contributed by atoms with Crippen LogP contribution in [0.25, 0.3) is 9.88 Å². The third kappa shape index (κ3) is 2.95. The van der Waals surface area contributed by atoms with Crippen molar-refractivity contribution in [3.8, 4) is 9.88 Å². The van der Waals surface area contributed by atoms with Crippen LogP contribution in [0.5, 0.6) is 0 Å². The van der Waals surface area contributed by atoms with Crippen LogP contribution < -0.4 is 5.73 Å². The third-order valence-electron chi connectivity index (χ3n) is 3.33. The number of nitrogens with zero attached hydrogens (tertiary/aromatic N) is 2. The molecule has 2 aromatic rings. The molecule has 1 amide bonds. The molecule has 0 aliphatic carbocycles. The molecule has 0 radical (unpaired) electrons. The van der Waals surface area contributed by atoms with Crippen LogP contribution in [0.3, 0.4) is 0 Å². The number of rotatable bonds is 2. The number of carbonyl (C=O) groups excluding carboxylic acids is 1. The van der Waals surface area contributed by atoms with Crippen molar-refractivity contribution in [1.82, 2.24) is 9.88 Å². The van der Waals surface area contributed by atoms with E-state index in [2.05, 4.69) is 20.9 Å². The predicted molar refractivity (Wildman–Crippen MR) is 86.2 cm³/mol. The number of hydrogen-bond acceptors (Lipinski definition) is 5. The third-order valence-corrected chi connectivity index (χ3v) is 5.97. The second kappa shape index (κ2) is 5.93. The van der Waals surface area contributed by atoms with Gasteiger partial charge in [0.05, 0.1) is 8.66 Å². The summed E-state index contributed by atoms with van der Waals surface area (Å²) in [7, 11) is 0. The van der Waals surface area contributed by atoms with Gasteiger partial charge >= 0.3 is 0 Å². The van der Waals surface area contributed by atoms with E-state index >= 15 is 0 Å². The van der Waals surface area contributed by atoms with Crippen LogP contribution in [0.4, 0.5) is 0 Å². The highest BCUT2D eigenvalue weighted by Crippen LogP contribution is 2.33. The molecule has 3 heterocycles. The maximum absolute atomic E-state index is 12.4. The second-order valence-corrected chi connectivity index (χ2v) is 8.09. The van der Waals surface area contributed by atoms with Crippen molar-refractivity contribution >= 4 is 44.5 Å². The van der Waals surface area contributed by atoms with Gasteiger partial charge in [-0.2, -0.15) is 0 Å². The number of nitrogens with two attached hydrogens (primary N) is 1. The zero-order valence-corrected chi connectivity index (χ0v) is 13.9. The SMILES string of the molecule is NC1CCN(C(=O)c2csc(-c3ccc(Br)s3)n2)CC1. The number of halogens is 1. The summed E-state index contributed by atoms with van der Waals surface area (Å²) in [5, 5.41) is 2.75. The fraction of sp³-hybridized carbons (Fsp3) is 0.385. The van der Waals surface area contributed by atoms with E-state index in [1.54, 1.807) is 11.3 Å². The number of hydrogen-bond donors (Lipinski definition) is 1. The average molecular weight is 372 g/mol. The molecule has 2 N–H and O–H groups in total. The molecular formula is C13H14BrN3OS2. The minimum absolute atomic E-state index is 0.0232. The maximum atomic E-state index is 12.4. The number of thiazole rings is 1. The van der Waals surface area contributed by atoms with Crippen molar-refractivity contribution in [1.29, 1.82) is 0 Å². The molecule has 0 spiro atoms. The Morgan fingerprint density at radius 1 is 1.40 bits per heavy atom. The molecular weight excluding hydrogens is 358 g/mol. The lowest BCUT2D eigenvalue weighted by molar-refractivity contribution is 0.0709. The lowest BCUT2D eigenvalue weighted by Crippen LogP contribution is -2.42. The quantitative estimate of drug-likeness (QED) is 0.881. The molecule has 106 valence electrons. The first-order chi connectivity index (χ1) is 9.63. The molecule has 2 aromatic heterocycles. The van der Waals surface area contributed by atoms with E-state index in [9.17, 15) is 4.79 Å². The zero-order chi connectivity index (χ0) is 14.1. The summed E-state index contributed by atoms with van der Waals surface area (Å²) in [5.41, 5.74) is 6.41. The van der Waals surface area contributed by atoms with Crippen molar-refractivity contribution in [3.05, 3.63) is 27.0 Å². The topological polar surface area (TPSA) is 59.2 Å². The van der Waals surface area contributed by atoms with Gasteiger partial charge in [0, 0.05) is 24.5 Å². The van der Waals surface area contributed by atoms with E-state index in [1.165, 1.54) is 11.3 Å². The first kappa shape index (κ1) is 14.2. The predicted octanol–water partition coefficient (Wildman–Crippen LogP) is 3.20. The molecule has 0 bridgehead atoms. The molecule has 1 aliphatic rings. The monoisotopic (exact) mass is 371 g/mol. The fourth-order valence-electron chi connectivity index (χ4n) is 2.18. The first-order valence-electron chi connectivity index (χ1n) is 6.39. The highest BCUT2D eigenvalue weighted by Gasteiger charge is 2.23. The molecule has 1 aliphatic heterocycles. The minimum Gasteiger partial charge on any atom is -0.337 e. The minimum atomic E-state index is 0.0232. The van der Waals surface area contributed by atoms with Crippen LogP contribution in [0.1, 0.15) is 23.3 Å². The fourth-order valence-corrected chi connectivity index (χ4v) is 4.43. The van der Waals surface area contributed by atoms with Gasteiger partial charge in [0.1, 0.15) is 10.7 Å². The molecule has 0 saturated carbocycles. The zero-order valence-electron chi connectivity index (χ0n) is 10.7. The molecule has 1 fully saturated rings. The Hall–Kier alpha value is -0.760. The molecule has 0 aromatic carbocycles. The van der Waals surface area contributed by atoms with E-state index in [1.807, 2.05) is 22.4 Å². The number of aromatic nitrogens is 1. The molecule has 0 atom stereocenters. The Bertz CT molecular complexity index is 617. The molecule has 1 saturated heterocycles. The Kier molecular flexibility index (Phi) is 4.21. The largest absolute Gasteiger partial charge is 0.337 e. The van der Waals surface area contributed by atoms with E-state index in [0.29, 0.717) is 5.69 Å². The number of carbonyl (C=O) groups is 1. The van der Waals surface area contributed by atoms with Crippen molar-refractivity contribution < 1.29 is 4.79 Å². The van der Waals surface area contributed by atoms with Crippen LogP contribution in [0.2, 0.25) is 0 Å². The highest BCUT2D eigenvalue weighted by molar-refractivity contribution is 9.11. The lowest BCUT2D eigenvalue weighted by atomic mass is 10.1. The summed E-state index contributed by atoms with van der Waals surface area (Å²) in [4.78, 5) is 19.8. The Labute approximate surface area is 133 Å². The molecule has 4 nitrogen and oxygen atoms in total. The number of piperidine rings is 1. The van der Waals surface area contributed by atoms with E-state index in [0.717, 1.165) is 39.6 Å². The highest BCUT2D eigenvalue weighted by atomic mass is 79.9. The van der Waals surface area contributed by atoms with Gasteiger partial charge < -0.3 is 10.6 Å². The lowest BCUT2D eigenvalue weighted by Gasteiger charge is -2.29. The van der Waals surface area contributed by atoms with Gasteiger partial charge in [0.2, 0.25) is 0 Å². The van der Waals surface area contributed by atoms with Gasteiger partial charge in [-0.05, 0) is 40.9 Å². The van der Waals surface area contributed by atoms with Crippen LogP contribution in [0.15, 0.2) is 21.3 Å². The van der Waals surface area contributed by atoms with E-state index in [4.69, 9.17) is 5.73 Å². The van der Waals surface area contributed by atoms with Crippen LogP contribution >= 0.6 is 38.6 Å². The normalized spacial score (nSPS) is 16.6. The molecule has 3 rings (SSSR count). The van der Waals surface area contributed by atoms with Crippen molar-refractivity contribution in [2.24, 2.45) is 5.73 Å². The average Bonchev–Trinajstić information content (AvgIpc) is 3.07. The van der Waals surface area contributed by atoms with Gasteiger partial charge in [-0.25, -0.2) is 4.98 Å². The van der Waals surface area contributed by atoms with E-state index in [-0.39, 0.29) is 11.9 Å². The van der Waals surface area contributed by atoms with Gasteiger partial charge in [0.15, 0.2) is 0 Å². The van der Waals surface area contributed by atoms with Gasteiger partial charge in [0.25, 0.3) is 5.91 Å². The number of likely N-dealkylation sites (tertiary alicyclic amines) is 1. The molecule has 0 unspecified atom stereocenters. The van der Waals surface area contributed by atoms with Gasteiger partial charge in [-0.3, -0.25) is 4.79 Å². The van der Waals surface area contributed by atoms with Crippen LogP contribution in [-0.2, 0) is 0 Å². The van der Waals surface area contributed by atoms with Crippen LogP contribution in [-0.4, -0.2) is 34.9 Å².